The Kier molecular flexibility index (Phi) is 15.6. The summed E-state index contributed by atoms with van der Waals surface area (Å²) in [6.07, 6.45) is 9.32. The predicted octanol–water partition coefficient (Wildman–Crippen LogP) is 8.78. The Morgan fingerprint density at radius 1 is 0.786 bits per heavy atom. The van der Waals surface area contributed by atoms with Crippen LogP contribution in [0.2, 0.25) is 0 Å². The SMILES string of the molecule is CCC1(c2ccc(N)cc2)CCC(=O)NC1=O.COc1ccc(C(Cl)=C(c2ccc(OC)cc2)c2ccc(OC)cc2)cc1.C[C@]12C=CC(=O)C=C1CC[C@@H]1[C@@H]2[C@@H](O)C[C@@]2(C)[C@H]1CC[C@]2(O)C(=O)CO. The second kappa shape index (κ2) is 21.1. The molecule has 0 radical (unpaired) electrons. The first-order valence-electron chi connectivity index (χ1n) is 23.9. The summed E-state index contributed by atoms with van der Waals surface area (Å²) in [5.74, 6) is 1.78. The number of carbonyl (C=O) groups is 4. The van der Waals surface area contributed by atoms with Gasteiger partial charge in [0, 0.05) is 34.4 Å². The molecular weight excluding hydrogens is 908 g/mol. The number of nitrogen functional groups attached to an aromatic ring is 1. The monoisotopic (exact) mass is 972 g/mol. The number of piperidine rings is 1. The highest BCUT2D eigenvalue weighted by Gasteiger charge is 2.68. The van der Waals surface area contributed by atoms with Gasteiger partial charge in [0.2, 0.25) is 11.8 Å². The summed E-state index contributed by atoms with van der Waals surface area (Å²) in [5.41, 5.74) is 8.98. The Bertz CT molecular complexity index is 2610. The smallest absolute Gasteiger partial charge is 0.237 e. The molecule has 4 aromatic rings. The fraction of sp³-hybridized carbons (Fsp3) is 0.404. The third-order valence-corrected chi connectivity index (χ3v) is 16.5. The number of benzene rings is 4. The lowest BCUT2D eigenvalue weighted by Crippen LogP contribution is -2.61. The van der Waals surface area contributed by atoms with Crippen molar-refractivity contribution in [1.29, 1.82) is 0 Å². The minimum atomic E-state index is -1.56. The molecule has 12 nitrogen and oxygen atoms in total. The first-order valence-corrected chi connectivity index (χ1v) is 24.3. The molecule has 4 fully saturated rings. The van der Waals surface area contributed by atoms with Crippen LogP contribution >= 0.6 is 11.6 Å². The Morgan fingerprint density at radius 3 is 1.83 bits per heavy atom. The fourth-order valence-corrected chi connectivity index (χ4v) is 12.4. The van der Waals surface area contributed by atoms with Crippen molar-refractivity contribution in [2.45, 2.75) is 89.3 Å². The number of ether oxygens (including phenoxy) is 3. The number of fused-ring (bicyclic) bond motifs is 5. The topological polar surface area (TPSA) is 195 Å². The van der Waals surface area contributed by atoms with Crippen LogP contribution in [0.5, 0.6) is 17.2 Å². The third kappa shape index (κ3) is 9.71. The molecular formula is C57H65ClN2O10. The number of hydrogen-bond donors (Lipinski definition) is 5. The number of anilines is 1. The van der Waals surface area contributed by atoms with Crippen molar-refractivity contribution in [2.75, 3.05) is 33.7 Å². The number of halogens is 1. The number of carbonyl (C=O) groups excluding carboxylic acids is 4. The Morgan fingerprint density at radius 2 is 1.33 bits per heavy atom. The number of allylic oxidation sites excluding steroid dienone is 4. The molecule has 1 heterocycles. The van der Waals surface area contributed by atoms with Crippen LogP contribution in [0.3, 0.4) is 0 Å². The van der Waals surface area contributed by atoms with Gasteiger partial charge in [-0.15, -0.1) is 0 Å². The quantitative estimate of drug-likeness (QED) is 0.0579. The number of ketones is 2. The summed E-state index contributed by atoms with van der Waals surface area (Å²) in [7, 11) is 4.95. The van der Waals surface area contributed by atoms with Crippen LogP contribution in [0.1, 0.15) is 94.4 Å². The van der Waals surface area contributed by atoms with Crippen LogP contribution in [-0.4, -0.2) is 78.3 Å². The van der Waals surface area contributed by atoms with Gasteiger partial charge in [0.25, 0.3) is 0 Å². The number of amides is 2. The lowest BCUT2D eigenvalue weighted by atomic mass is 9.46. The van der Waals surface area contributed by atoms with E-state index in [1.165, 1.54) is 0 Å². The maximum atomic E-state index is 12.4. The van der Waals surface area contributed by atoms with Crippen molar-refractivity contribution >= 4 is 51.3 Å². The van der Waals surface area contributed by atoms with Gasteiger partial charge < -0.3 is 35.3 Å². The molecule has 6 N–H and O–H groups in total. The Balaban J connectivity index is 0.000000159. The van der Waals surface area contributed by atoms with Gasteiger partial charge in [-0.3, -0.25) is 24.5 Å². The van der Waals surface area contributed by atoms with Crippen molar-refractivity contribution in [3.8, 4) is 17.2 Å². The summed E-state index contributed by atoms with van der Waals surface area (Å²) in [6, 6.07) is 30.7. The summed E-state index contributed by atoms with van der Waals surface area (Å²) < 4.78 is 15.8. The van der Waals surface area contributed by atoms with Crippen LogP contribution in [0.4, 0.5) is 5.69 Å². The second-order valence-corrected chi connectivity index (χ2v) is 19.9. The van der Waals surface area contributed by atoms with E-state index in [-0.39, 0.29) is 40.8 Å². The summed E-state index contributed by atoms with van der Waals surface area (Å²) in [5, 5.41) is 34.8. The summed E-state index contributed by atoms with van der Waals surface area (Å²) in [6.45, 7) is 5.31. The van der Waals surface area contributed by atoms with Gasteiger partial charge in [-0.2, -0.15) is 0 Å². The minimum absolute atomic E-state index is 0.00912. The molecule has 370 valence electrons. The molecule has 0 spiro atoms. The number of methoxy groups -OCH3 is 3. The zero-order valence-electron chi connectivity index (χ0n) is 40.8. The highest BCUT2D eigenvalue weighted by Crippen LogP contribution is 2.67. The normalized spacial score (nSPS) is 28.4. The highest BCUT2D eigenvalue weighted by atomic mass is 35.5. The van der Waals surface area contributed by atoms with Crippen LogP contribution in [0.25, 0.3) is 10.6 Å². The Labute approximate surface area is 415 Å². The van der Waals surface area contributed by atoms with E-state index in [0.29, 0.717) is 42.8 Å². The van der Waals surface area contributed by atoms with Crippen LogP contribution in [0.15, 0.2) is 121 Å². The van der Waals surface area contributed by atoms with E-state index in [2.05, 4.69) is 12.2 Å². The number of hydrogen-bond acceptors (Lipinski definition) is 11. The molecule has 4 aromatic carbocycles. The van der Waals surface area contributed by atoms with E-state index < -0.39 is 34.9 Å². The lowest BCUT2D eigenvalue weighted by molar-refractivity contribution is -0.178. The molecule has 5 aliphatic rings. The van der Waals surface area contributed by atoms with Crippen LogP contribution in [0, 0.1) is 28.6 Å². The number of nitrogens with two attached hydrogens (primary N) is 1. The van der Waals surface area contributed by atoms with Gasteiger partial charge in [-0.1, -0.05) is 80.4 Å². The number of nitrogens with one attached hydrogen (secondary N) is 1. The average Bonchev–Trinajstić information content (AvgIpc) is 3.64. The molecule has 3 saturated carbocycles. The molecule has 9 rings (SSSR count). The molecule has 1 aliphatic heterocycles. The van der Waals surface area contributed by atoms with Gasteiger partial charge in [0.15, 0.2) is 11.6 Å². The third-order valence-electron chi connectivity index (χ3n) is 16.1. The zero-order chi connectivity index (χ0) is 50.6. The lowest BCUT2D eigenvalue weighted by Gasteiger charge is -2.59. The molecule has 8 atom stereocenters. The standard InChI is InChI=1S/C23H21ClO3.C21H28O5.C13H16N2O2/c1-25-19-10-4-16(5-11-19)22(17-6-12-20(26-2)13-7-17)23(24)18-8-14-21(27-3)15-9-18;1-19-7-5-13(23)9-12(19)3-4-14-15-6-8-21(26,17(25)11-22)20(15,2)10-16(24)18(14)19;1-2-13(8-7-11(16)15-12(13)17)9-3-5-10(14)6-4-9/h4-15H,1-3H3;5,7,9,14-16,18,22,24,26H,3-4,6,8,10-11H2,1-2H3;3-6H,2,7-8,14H2,1H3,(H,15,16,17)/t;14-,15-,16-,18+,19-,20-,21-;/m.0./s1. The van der Waals surface area contributed by atoms with Crippen LogP contribution in [-0.2, 0) is 24.6 Å². The van der Waals surface area contributed by atoms with E-state index in [9.17, 15) is 34.5 Å². The van der Waals surface area contributed by atoms with E-state index in [1.807, 2.05) is 105 Å². The number of aliphatic hydroxyl groups is 3. The van der Waals surface area contributed by atoms with Gasteiger partial charge in [0.1, 0.15) is 29.5 Å². The molecule has 0 bridgehead atoms. The van der Waals surface area contributed by atoms with E-state index in [1.54, 1.807) is 45.6 Å². The molecule has 0 aromatic heterocycles. The molecule has 2 amide bonds. The van der Waals surface area contributed by atoms with E-state index in [4.69, 9.17) is 31.5 Å². The number of imide groups is 1. The Hall–Kier alpha value is -6.05. The second-order valence-electron chi connectivity index (χ2n) is 19.5. The summed E-state index contributed by atoms with van der Waals surface area (Å²) in [4.78, 5) is 47.4. The maximum Gasteiger partial charge on any atom is 0.237 e. The largest absolute Gasteiger partial charge is 0.497 e. The summed E-state index contributed by atoms with van der Waals surface area (Å²) >= 11 is 6.86. The van der Waals surface area contributed by atoms with Gasteiger partial charge in [-0.05, 0) is 152 Å². The van der Waals surface area contributed by atoms with E-state index in [0.717, 1.165) is 69.9 Å². The molecule has 70 heavy (non-hydrogen) atoms. The molecule has 1 unspecified atom stereocenters. The zero-order valence-corrected chi connectivity index (χ0v) is 41.6. The minimum Gasteiger partial charge on any atom is -0.497 e. The van der Waals surface area contributed by atoms with Crippen molar-refractivity contribution in [2.24, 2.45) is 28.6 Å². The number of rotatable bonds is 10. The van der Waals surface area contributed by atoms with Crippen molar-refractivity contribution in [1.82, 2.24) is 5.32 Å². The van der Waals surface area contributed by atoms with Crippen molar-refractivity contribution in [3.05, 3.63) is 143 Å². The predicted molar refractivity (Wildman–Crippen MR) is 271 cm³/mol. The fourth-order valence-electron chi connectivity index (χ4n) is 12.1. The number of aliphatic hydroxyl groups excluding tert-OH is 2. The van der Waals surface area contributed by atoms with Crippen molar-refractivity contribution < 1.29 is 48.7 Å². The molecule has 1 saturated heterocycles. The van der Waals surface area contributed by atoms with Gasteiger partial charge in [-0.25, -0.2) is 0 Å². The van der Waals surface area contributed by atoms with Gasteiger partial charge in [0.05, 0.1) is 37.9 Å². The average molecular weight is 974 g/mol. The van der Waals surface area contributed by atoms with Gasteiger partial charge >= 0.3 is 0 Å². The number of Topliss-reactive ketones (excluding diaryl/α,β-unsaturated/α-hetero) is 1. The first-order chi connectivity index (χ1) is 33.4. The maximum absolute atomic E-state index is 12.4. The van der Waals surface area contributed by atoms with Crippen LogP contribution < -0.4 is 25.3 Å². The van der Waals surface area contributed by atoms with E-state index >= 15 is 0 Å². The van der Waals surface area contributed by atoms with Crippen molar-refractivity contribution in [3.63, 3.8) is 0 Å². The highest BCUT2D eigenvalue weighted by molar-refractivity contribution is 6.53. The molecule has 4 aliphatic carbocycles. The first kappa shape index (κ1) is 51.8. The molecule has 13 heteroatoms.